The van der Waals surface area contributed by atoms with E-state index in [-0.39, 0.29) is 0 Å². The first-order chi connectivity index (χ1) is 8.75. The number of hydrogen-bond acceptors (Lipinski definition) is 3. The smallest absolute Gasteiger partial charge is 0.189 e. The highest BCUT2D eigenvalue weighted by atomic mass is 32.1. The molecule has 0 bridgehead atoms. The molecule has 1 aliphatic rings. The molecule has 0 spiro atoms. The molecule has 0 radical (unpaired) electrons. The Bertz CT molecular complexity index is 438. The number of thiocarbonyl (C=S) groups is 1. The summed E-state index contributed by atoms with van der Waals surface area (Å²) < 4.78 is 0. The number of likely N-dealkylation sites (tertiary alicyclic amines) is 1. The molecule has 0 saturated carbocycles. The molecular weight excluding hydrogens is 244 g/mol. The van der Waals surface area contributed by atoms with E-state index in [0.29, 0.717) is 5.11 Å². The summed E-state index contributed by atoms with van der Waals surface area (Å²) in [5.74, 6) is 0. The molecule has 1 N–H and O–H groups in total. The molecule has 1 fully saturated rings. The minimum atomic E-state index is 0.707. The number of nitrogens with zero attached hydrogens (tertiary/aromatic N) is 3. The van der Waals surface area contributed by atoms with Crippen molar-refractivity contribution in [3.8, 4) is 0 Å². The van der Waals surface area contributed by atoms with Crippen LogP contribution in [-0.4, -0.2) is 34.3 Å². The van der Waals surface area contributed by atoms with Crippen molar-refractivity contribution in [2.75, 3.05) is 13.1 Å². The maximum atomic E-state index is 5.30. The first kappa shape index (κ1) is 13.0. The molecule has 4 nitrogen and oxygen atoms in total. The summed E-state index contributed by atoms with van der Waals surface area (Å²) in [5, 5.41) is 4.84. The third-order valence-electron chi connectivity index (χ3n) is 2.91. The number of rotatable bonds is 2. The van der Waals surface area contributed by atoms with Gasteiger partial charge in [0, 0.05) is 18.8 Å². The molecule has 1 aliphatic heterocycles. The van der Waals surface area contributed by atoms with Crippen LogP contribution in [0.15, 0.2) is 23.3 Å². The molecule has 1 saturated heterocycles. The van der Waals surface area contributed by atoms with Gasteiger partial charge in [-0.1, -0.05) is 6.07 Å². The zero-order valence-corrected chi connectivity index (χ0v) is 11.4. The highest BCUT2D eigenvalue weighted by molar-refractivity contribution is 7.80. The van der Waals surface area contributed by atoms with Crippen LogP contribution in [0.2, 0.25) is 0 Å². The maximum absolute atomic E-state index is 5.30. The second kappa shape index (κ2) is 6.44. The molecule has 0 aromatic carbocycles. The van der Waals surface area contributed by atoms with E-state index in [9.17, 15) is 0 Å². The first-order valence-electron chi connectivity index (χ1n) is 6.27. The molecular formula is C13H18N4S. The van der Waals surface area contributed by atoms with Crippen LogP contribution in [0.3, 0.4) is 0 Å². The van der Waals surface area contributed by atoms with Crippen LogP contribution >= 0.6 is 12.2 Å². The van der Waals surface area contributed by atoms with Crippen molar-refractivity contribution < 1.29 is 0 Å². The number of piperidine rings is 1. The Morgan fingerprint density at radius 1 is 1.39 bits per heavy atom. The van der Waals surface area contributed by atoms with Crippen molar-refractivity contribution in [1.82, 2.24) is 15.3 Å². The number of hydrazone groups is 1. The molecule has 1 aromatic rings. The Hall–Kier alpha value is -1.49. The summed E-state index contributed by atoms with van der Waals surface area (Å²) in [6.07, 6.45) is 5.43. The van der Waals surface area contributed by atoms with Gasteiger partial charge in [-0.25, -0.2) is 0 Å². The molecule has 2 heterocycles. The van der Waals surface area contributed by atoms with Gasteiger partial charge >= 0.3 is 0 Å². The normalized spacial score (nSPS) is 15.9. The first-order valence-corrected chi connectivity index (χ1v) is 6.68. The summed E-state index contributed by atoms with van der Waals surface area (Å²) in [6, 6.07) is 5.85. The SMILES string of the molecule is Cc1cccc(/C=N\NC(=S)N2CCCCC2)n1. The van der Waals surface area contributed by atoms with E-state index in [2.05, 4.69) is 20.4 Å². The molecule has 0 atom stereocenters. The highest BCUT2D eigenvalue weighted by Gasteiger charge is 2.12. The molecule has 0 unspecified atom stereocenters. The third-order valence-corrected chi connectivity index (χ3v) is 3.26. The van der Waals surface area contributed by atoms with Crippen molar-refractivity contribution in [2.45, 2.75) is 26.2 Å². The van der Waals surface area contributed by atoms with Crippen molar-refractivity contribution in [2.24, 2.45) is 5.10 Å². The van der Waals surface area contributed by atoms with Crippen LogP contribution in [0, 0.1) is 6.92 Å². The molecule has 0 aliphatic carbocycles. The van der Waals surface area contributed by atoms with Crippen molar-refractivity contribution in [3.05, 3.63) is 29.6 Å². The van der Waals surface area contributed by atoms with Crippen LogP contribution in [0.1, 0.15) is 30.7 Å². The number of hydrogen-bond donors (Lipinski definition) is 1. The van der Waals surface area contributed by atoms with E-state index < -0.39 is 0 Å². The van der Waals surface area contributed by atoms with E-state index >= 15 is 0 Å². The predicted octanol–water partition coefficient (Wildman–Crippen LogP) is 2.08. The van der Waals surface area contributed by atoms with Crippen LogP contribution in [0.4, 0.5) is 0 Å². The Kier molecular flexibility index (Phi) is 4.64. The van der Waals surface area contributed by atoms with E-state index in [4.69, 9.17) is 12.2 Å². The largest absolute Gasteiger partial charge is 0.348 e. The predicted molar refractivity (Wildman–Crippen MR) is 77.7 cm³/mol. The molecule has 18 heavy (non-hydrogen) atoms. The Morgan fingerprint density at radius 3 is 2.89 bits per heavy atom. The van der Waals surface area contributed by atoms with Crippen LogP contribution in [0.5, 0.6) is 0 Å². The summed E-state index contributed by atoms with van der Waals surface area (Å²) in [7, 11) is 0. The van der Waals surface area contributed by atoms with Gasteiger partial charge in [0.2, 0.25) is 0 Å². The van der Waals surface area contributed by atoms with E-state index in [1.807, 2.05) is 25.1 Å². The lowest BCUT2D eigenvalue weighted by atomic mass is 10.1. The average Bonchev–Trinajstić information content (AvgIpc) is 2.40. The summed E-state index contributed by atoms with van der Waals surface area (Å²) >= 11 is 5.30. The van der Waals surface area contributed by atoms with Gasteiger partial charge in [0.05, 0.1) is 11.9 Å². The Morgan fingerprint density at radius 2 is 2.17 bits per heavy atom. The van der Waals surface area contributed by atoms with Gasteiger partial charge in [-0.15, -0.1) is 0 Å². The van der Waals surface area contributed by atoms with Crippen molar-refractivity contribution >= 4 is 23.5 Å². The van der Waals surface area contributed by atoms with Crippen molar-refractivity contribution in [1.29, 1.82) is 0 Å². The van der Waals surface area contributed by atoms with Gasteiger partial charge in [-0.3, -0.25) is 10.4 Å². The van der Waals surface area contributed by atoms with Crippen molar-refractivity contribution in [3.63, 3.8) is 0 Å². The van der Waals surface area contributed by atoms with Crippen LogP contribution in [-0.2, 0) is 0 Å². The Balaban J connectivity index is 1.85. The molecule has 96 valence electrons. The van der Waals surface area contributed by atoms with Crippen LogP contribution < -0.4 is 5.43 Å². The lowest BCUT2D eigenvalue weighted by Gasteiger charge is -2.28. The standard InChI is InChI=1S/C13H18N4S/c1-11-6-5-7-12(15-11)10-14-16-13(18)17-8-3-2-4-9-17/h5-7,10H,2-4,8-9H2,1H3,(H,16,18)/b14-10-. The van der Waals surface area contributed by atoms with Crippen LogP contribution in [0.25, 0.3) is 0 Å². The zero-order valence-electron chi connectivity index (χ0n) is 10.6. The summed E-state index contributed by atoms with van der Waals surface area (Å²) in [4.78, 5) is 6.50. The summed E-state index contributed by atoms with van der Waals surface area (Å²) in [6.45, 7) is 4.03. The van der Waals surface area contributed by atoms with Gasteiger partial charge in [-0.05, 0) is 50.5 Å². The topological polar surface area (TPSA) is 40.5 Å². The highest BCUT2D eigenvalue weighted by Crippen LogP contribution is 2.08. The van der Waals surface area contributed by atoms with Gasteiger partial charge in [0.1, 0.15) is 0 Å². The quantitative estimate of drug-likeness (QED) is 0.503. The fourth-order valence-corrected chi connectivity index (χ4v) is 2.19. The fraction of sp³-hybridized carbons (Fsp3) is 0.462. The van der Waals surface area contributed by atoms with Gasteiger partial charge in [0.15, 0.2) is 5.11 Å². The fourth-order valence-electron chi connectivity index (χ4n) is 1.96. The number of aryl methyl sites for hydroxylation is 1. The minimum Gasteiger partial charge on any atom is -0.348 e. The average molecular weight is 262 g/mol. The van der Waals surface area contributed by atoms with Gasteiger partial charge < -0.3 is 4.90 Å². The summed E-state index contributed by atoms with van der Waals surface area (Å²) in [5.41, 5.74) is 4.73. The second-order valence-electron chi connectivity index (χ2n) is 4.43. The molecule has 0 amide bonds. The van der Waals surface area contributed by atoms with Gasteiger partial charge in [-0.2, -0.15) is 5.10 Å². The third kappa shape index (κ3) is 3.77. The Labute approximate surface area is 113 Å². The molecule has 1 aromatic heterocycles. The van der Waals surface area contributed by atoms with Gasteiger partial charge in [0.25, 0.3) is 0 Å². The second-order valence-corrected chi connectivity index (χ2v) is 4.81. The van der Waals surface area contributed by atoms with E-state index in [1.54, 1.807) is 6.21 Å². The zero-order chi connectivity index (χ0) is 12.8. The van der Waals surface area contributed by atoms with E-state index in [0.717, 1.165) is 24.5 Å². The number of nitrogens with one attached hydrogen (secondary N) is 1. The lowest BCUT2D eigenvalue weighted by molar-refractivity contribution is 0.338. The lowest BCUT2D eigenvalue weighted by Crippen LogP contribution is -2.40. The molecule has 5 heteroatoms. The number of pyridine rings is 1. The number of aromatic nitrogens is 1. The maximum Gasteiger partial charge on any atom is 0.189 e. The molecule has 2 rings (SSSR count). The minimum absolute atomic E-state index is 0.707. The monoisotopic (exact) mass is 262 g/mol. The van der Waals surface area contributed by atoms with E-state index in [1.165, 1.54) is 19.3 Å².